The summed E-state index contributed by atoms with van der Waals surface area (Å²) in [7, 11) is 3.86. The van der Waals surface area contributed by atoms with E-state index in [9.17, 15) is 14.4 Å². The van der Waals surface area contributed by atoms with Gasteiger partial charge in [-0.05, 0) is 51.7 Å². The van der Waals surface area contributed by atoms with Crippen molar-refractivity contribution in [3.63, 3.8) is 0 Å². The summed E-state index contributed by atoms with van der Waals surface area (Å²) in [5, 5.41) is 5.24. The molecular weight excluding hydrogens is 346 g/mol. The predicted octanol–water partition coefficient (Wildman–Crippen LogP) is 1.89. The molecule has 1 unspecified atom stereocenters. The quantitative estimate of drug-likeness (QED) is 0.808. The van der Waals surface area contributed by atoms with Crippen LogP contribution >= 0.6 is 0 Å². The molecule has 144 valence electrons. The number of nitrogens with one attached hydrogen (secondary N) is 2. The Kier molecular flexibility index (Phi) is 6.46. The van der Waals surface area contributed by atoms with Crippen molar-refractivity contribution in [3.05, 3.63) is 52.1 Å². The molecule has 8 heteroatoms. The molecule has 0 aliphatic carbocycles. The first kappa shape index (κ1) is 20.3. The number of likely N-dealkylation sites (N-methyl/N-ethyl adjacent to an activating group) is 1. The van der Waals surface area contributed by atoms with E-state index in [1.165, 1.54) is 13.1 Å². The molecule has 0 saturated heterocycles. The monoisotopic (exact) mass is 371 g/mol. The molecule has 0 aliphatic rings. The summed E-state index contributed by atoms with van der Waals surface area (Å²) in [6.07, 6.45) is 3.14. The first-order chi connectivity index (χ1) is 12.7. The van der Waals surface area contributed by atoms with Gasteiger partial charge in [-0.15, -0.1) is 0 Å². The van der Waals surface area contributed by atoms with Crippen LogP contribution in [0.2, 0.25) is 0 Å². The van der Waals surface area contributed by atoms with Crippen LogP contribution in [-0.4, -0.2) is 46.9 Å². The minimum atomic E-state index is -0.488. The lowest BCUT2D eigenvalue weighted by Gasteiger charge is -2.20. The Morgan fingerprint density at radius 3 is 2.48 bits per heavy atom. The summed E-state index contributed by atoms with van der Waals surface area (Å²) in [6.45, 7) is 5.73. The Labute approximate surface area is 158 Å². The van der Waals surface area contributed by atoms with Crippen molar-refractivity contribution in [1.29, 1.82) is 0 Å². The molecule has 8 nitrogen and oxygen atoms in total. The molecule has 0 bridgehead atoms. The SMILES string of the molecule is CC(=O)Nc1ccc(NC(=O)c2c(C)ccn(C(C)CN(C)C)c2=O)cn1. The zero-order valence-electron chi connectivity index (χ0n) is 16.2. The third-order valence-corrected chi connectivity index (χ3v) is 3.98. The van der Waals surface area contributed by atoms with E-state index in [1.54, 1.807) is 35.9 Å². The topological polar surface area (TPSA) is 96.3 Å². The first-order valence-electron chi connectivity index (χ1n) is 8.60. The highest BCUT2D eigenvalue weighted by Gasteiger charge is 2.18. The van der Waals surface area contributed by atoms with Gasteiger partial charge in [-0.25, -0.2) is 4.98 Å². The van der Waals surface area contributed by atoms with E-state index in [-0.39, 0.29) is 23.1 Å². The van der Waals surface area contributed by atoms with Gasteiger partial charge in [-0.1, -0.05) is 0 Å². The standard InChI is InChI=1S/C19H25N5O3/c1-12-8-9-24(13(2)11-23(4)5)19(27)17(12)18(26)22-15-6-7-16(20-10-15)21-14(3)25/h6-10,13H,11H2,1-5H3,(H,22,26)(H,20,21,25). The number of rotatable bonds is 6. The molecule has 2 amide bonds. The Balaban J connectivity index is 2.25. The Morgan fingerprint density at radius 1 is 1.22 bits per heavy atom. The van der Waals surface area contributed by atoms with Gasteiger partial charge in [-0.2, -0.15) is 0 Å². The molecule has 2 aromatic rings. The molecule has 0 spiro atoms. The van der Waals surface area contributed by atoms with Crippen LogP contribution < -0.4 is 16.2 Å². The molecule has 2 N–H and O–H groups in total. The van der Waals surface area contributed by atoms with Crippen molar-refractivity contribution in [1.82, 2.24) is 14.5 Å². The molecular formula is C19H25N5O3. The Morgan fingerprint density at radius 2 is 1.93 bits per heavy atom. The lowest BCUT2D eigenvalue weighted by Crippen LogP contribution is -2.34. The van der Waals surface area contributed by atoms with Crippen molar-refractivity contribution in [3.8, 4) is 0 Å². The number of hydrogen-bond acceptors (Lipinski definition) is 5. The van der Waals surface area contributed by atoms with Crippen molar-refractivity contribution < 1.29 is 9.59 Å². The number of anilines is 2. The summed E-state index contributed by atoms with van der Waals surface area (Å²) >= 11 is 0. The normalized spacial score (nSPS) is 11.9. The maximum Gasteiger partial charge on any atom is 0.263 e. The summed E-state index contributed by atoms with van der Waals surface area (Å²) in [5.74, 6) is -0.333. The Hall–Kier alpha value is -3.00. The highest BCUT2D eigenvalue weighted by molar-refractivity contribution is 6.05. The van der Waals surface area contributed by atoms with Gasteiger partial charge in [0.1, 0.15) is 11.4 Å². The number of amides is 2. The second-order valence-corrected chi connectivity index (χ2v) is 6.76. The van der Waals surface area contributed by atoms with E-state index in [0.717, 1.165) is 0 Å². The molecule has 0 aromatic carbocycles. The number of carbonyl (C=O) groups excluding carboxylic acids is 2. The number of pyridine rings is 2. The van der Waals surface area contributed by atoms with Crippen LogP contribution in [0.3, 0.4) is 0 Å². The highest BCUT2D eigenvalue weighted by atomic mass is 16.2. The van der Waals surface area contributed by atoms with Crippen LogP contribution in [0.5, 0.6) is 0 Å². The van der Waals surface area contributed by atoms with Crippen LogP contribution in [0.25, 0.3) is 0 Å². The smallest absolute Gasteiger partial charge is 0.263 e. The fraction of sp³-hybridized carbons (Fsp3) is 0.368. The van der Waals surface area contributed by atoms with Gasteiger partial charge in [0.15, 0.2) is 0 Å². The summed E-state index contributed by atoms with van der Waals surface area (Å²) < 4.78 is 1.57. The van der Waals surface area contributed by atoms with Crippen molar-refractivity contribution in [2.24, 2.45) is 0 Å². The van der Waals surface area contributed by atoms with Gasteiger partial charge in [-0.3, -0.25) is 14.4 Å². The number of carbonyl (C=O) groups is 2. The van der Waals surface area contributed by atoms with E-state index in [1.807, 2.05) is 25.9 Å². The molecule has 27 heavy (non-hydrogen) atoms. The third kappa shape index (κ3) is 5.24. The Bertz CT molecular complexity index is 887. The lowest BCUT2D eigenvalue weighted by atomic mass is 10.1. The van der Waals surface area contributed by atoms with Crippen LogP contribution in [0, 0.1) is 6.92 Å². The highest BCUT2D eigenvalue weighted by Crippen LogP contribution is 2.13. The largest absolute Gasteiger partial charge is 0.320 e. The summed E-state index contributed by atoms with van der Waals surface area (Å²) in [5.41, 5.74) is 0.817. The molecule has 0 saturated carbocycles. The van der Waals surface area contributed by atoms with Gasteiger partial charge in [0.25, 0.3) is 11.5 Å². The maximum atomic E-state index is 12.8. The van der Waals surface area contributed by atoms with E-state index in [0.29, 0.717) is 23.6 Å². The van der Waals surface area contributed by atoms with E-state index < -0.39 is 5.91 Å². The first-order valence-corrected chi connectivity index (χ1v) is 8.60. The molecule has 2 rings (SSSR count). The van der Waals surface area contributed by atoms with Gasteiger partial charge < -0.3 is 20.1 Å². The zero-order chi connectivity index (χ0) is 20.1. The fourth-order valence-corrected chi connectivity index (χ4v) is 2.80. The summed E-state index contributed by atoms with van der Waals surface area (Å²) in [6, 6.07) is 4.88. The van der Waals surface area contributed by atoms with E-state index in [2.05, 4.69) is 15.6 Å². The number of hydrogen-bond donors (Lipinski definition) is 2. The second kappa shape index (κ2) is 8.59. The van der Waals surface area contributed by atoms with Crippen LogP contribution in [0.1, 0.15) is 35.8 Å². The molecule has 0 radical (unpaired) electrons. The van der Waals surface area contributed by atoms with Crippen molar-refractivity contribution in [2.45, 2.75) is 26.8 Å². The fourth-order valence-electron chi connectivity index (χ4n) is 2.80. The zero-order valence-corrected chi connectivity index (χ0v) is 16.2. The molecule has 1 atom stereocenters. The van der Waals surface area contributed by atoms with Crippen LogP contribution in [-0.2, 0) is 4.79 Å². The number of aromatic nitrogens is 2. The number of nitrogens with zero attached hydrogens (tertiary/aromatic N) is 3. The van der Waals surface area contributed by atoms with Crippen molar-refractivity contribution in [2.75, 3.05) is 31.3 Å². The minimum absolute atomic E-state index is 0.0711. The average molecular weight is 371 g/mol. The molecule has 2 heterocycles. The van der Waals surface area contributed by atoms with Crippen molar-refractivity contribution >= 4 is 23.3 Å². The minimum Gasteiger partial charge on any atom is -0.320 e. The van der Waals surface area contributed by atoms with E-state index >= 15 is 0 Å². The number of aryl methyl sites for hydroxylation is 1. The van der Waals surface area contributed by atoms with Gasteiger partial charge in [0.05, 0.1) is 11.9 Å². The van der Waals surface area contributed by atoms with Gasteiger partial charge >= 0.3 is 0 Å². The van der Waals surface area contributed by atoms with Gasteiger partial charge in [0.2, 0.25) is 5.91 Å². The molecule has 0 aliphatic heterocycles. The van der Waals surface area contributed by atoms with Crippen LogP contribution in [0.15, 0.2) is 35.4 Å². The lowest BCUT2D eigenvalue weighted by molar-refractivity contribution is -0.114. The molecule has 2 aromatic heterocycles. The third-order valence-electron chi connectivity index (χ3n) is 3.98. The van der Waals surface area contributed by atoms with E-state index in [4.69, 9.17) is 0 Å². The van der Waals surface area contributed by atoms with Gasteiger partial charge in [0, 0.05) is 25.7 Å². The molecule has 0 fully saturated rings. The second-order valence-electron chi connectivity index (χ2n) is 6.76. The average Bonchev–Trinajstić information content (AvgIpc) is 2.55. The van der Waals surface area contributed by atoms with Crippen LogP contribution in [0.4, 0.5) is 11.5 Å². The predicted molar refractivity (Wildman–Crippen MR) is 105 cm³/mol. The maximum absolute atomic E-state index is 12.8. The summed E-state index contributed by atoms with van der Waals surface area (Å²) in [4.78, 5) is 42.6.